The van der Waals surface area contributed by atoms with Crippen LogP contribution in [0.25, 0.3) is 0 Å². The number of aliphatic hydroxyl groups excluding tert-OH is 1. The van der Waals surface area contributed by atoms with Gasteiger partial charge in [0.05, 0.1) is 6.10 Å². The van der Waals surface area contributed by atoms with Gasteiger partial charge in [-0.3, -0.25) is 4.79 Å². The van der Waals surface area contributed by atoms with Crippen LogP contribution in [0.4, 0.5) is 0 Å². The minimum Gasteiger partial charge on any atom is -0.387 e. The zero-order valence-corrected chi connectivity index (χ0v) is 14.5. The summed E-state index contributed by atoms with van der Waals surface area (Å²) in [4.78, 5) is 12.5. The van der Waals surface area contributed by atoms with E-state index < -0.39 is 6.10 Å². The molecule has 1 aliphatic rings. The Balaban J connectivity index is 0.00000208. The molecular formula is C19H23ClN2O2. The van der Waals surface area contributed by atoms with Crippen molar-refractivity contribution in [1.29, 1.82) is 0 Å². The number of carbonyl (C=O) groups is 1. The quantitative estimate of drug-likeness (QED) is 0.797. The first kappa shape index (κ1) is 18.5. The molecule has 3 N–H and O–H groups in total. The molecule has 0 bridgehead atoms. The van der Waals surface area contributed by atoms with E-state index in [2.05, 4.69) is 16.7 Å². The van der Waals surface area contributed by atoms with Gasteiger partial charge in [-0.1, -0.05) is 48.5 Å². The van der Waals surface area contributed by atoms with Crippen molar-refractivity contribution < 1.29 is 9.90 Å². The van der Waals surface area contributed by atoms with Crippen molar-refractivity contribution in [2.24, 2.45) is 0 Å². The highest BCUT2D eigenvalue weighted by molar-refractivity contribution is 5.85. The SMILES string of the molecule is Cc1ccccc1C(O)CNC(=O)C1NCCc2ccccc21.Cl. The van der Waals surface area contributed by atoms with Crippen molar-refractivity contribution in [3.8, 4) is 0 Å². The van der Waals surface area contributed by atoms with Crippen LogP contribution in [-0.2, 0) is 11.2 Å². The lowest BCUT2D eigenvalue weighted by atomic mass is 9.94. The average Bonchev–Trinajstić information content (AvgIpc) is 2.59. The second-order valence-electron chi connectivity index (χ2n) is 5.95. The summed E-state index contributed by atoms with van der Waals surface area (Å²) < 4.78 is 0. The topological polar surface area (TPSA) is 61.4 Å². The molecule has 1 amide bonds. The monoisotopic (exact) mass is 346 g/mol. The number of aryl methyl sites for hydroxylation is 1. The fourth-order valence-corrected chi connectivity index (χ4v) is 3.11. The Hall–Kier alpha value is -1.88. The molecule has 0 saturated heterocycles. The molecule has 0 radical (unpaired) electrons. The summed E-state index contributed by atoms with van der Waals surface area (Å²) in [7, 11) is 0. The van der Waals surface area contributed by atoms with Crippen molar-refractivity contribution in [2.45, 2.75) is 25.5 Å². The maximum absolute atomic E-state index is 12.5. The van der Waals surface area contributed by atoms with Crippen LogP contribution in [0.15, 0.2) is 48.5 Å². The minimum absolute atomic E-state index is 0. The number of carbonyl (C=O) groups excluding carboxylic acids is 1. The van der Waals surface area contributed by atoms with Gasteiger partial charge in [-0.15, -0.1) is 12.4 Å². The van der Waals surface area contributed by atoms with Gasteiger partial charge < -0.3 is 15.7 Å². The largest absolute Gasteiger partial charge is 0.387 e. The third-order valence-corrected chi connectivity index (χ3v) is 4.39. The number of amides is 1. The van der Waals surface area contributed by atoms with E-state index in [4.69, 9.17) is 0 Å². The van der Waals surface area contributed by atoms with Gasteiger partial charge >= 0.3 is 0 Å². The third kappa shape index (κ3) is 3.96. The van der Waals surface area contributed by atoms with Crippen LogP contribution in [0.2, 0.25) is 0 Å². The van der Waals surface area contributed by atoms with Crippen LogP contribution in [-0.4, -0.2) is 24.1 Å². The van der Waals surface area contributed by atoms with Crippen molar-refractivity contribution in [3.05, 3.63) is 70.8 Å². The third-order valence-electron chi connectivity index (χ3n) is 4.39. The fraction of sp³-hybridized carbons (Fsp3) is 0.316. The molecule has 2 unspecified atom stereocenters. The molecule has 0 saturated carbocycles. The van der Waals surface area contributed by atoms with Crippen LogP contribution in [0.1, 0.15) is 34.4 Å². The smallest absolute Gasteiger partial charge is 0.241 e. The molecule has 0 aliphatic carbocycles. The second kappa shape index (κ2) is 8.29. The molecular weight excluding hydrogens is 324 g/mol. The zero-order valence-electron chi connectivity index (χ0n) is 13.7. The molecule has 24 heavy (non-hydrogen) atoms. The zero-order chi connectivity index (χ0) is 16.2. The average molecular weight is 347 g/mol. The summed E-state index contributed by atoms with van der Waals surface area (Å²) in [6, 6.07) is 15.3. The maximum Gasteiger partial charge on any atom is 0.241 e. The van der Waals surface area contributed by atoms with Gasteiger partial charge in [-0.25, -0.2) is 0 Å². The second-order valence-corrected chi connectivity index (χ2v) is 5.95. The van der Waals surface area contributed by atoms with Gasteiger partial charge in [0.15, 0.2) is 0 Å². The lowest BCUT2D eigenvalue weighted by Crippen LogP contribution is -2.42. The summed E-state index contributed by atoms with van der Waals surface area (Å²) in [5.74, 6) is -0.0928. The first-order chi connectivity index (χ1) is 11.2. The van der Waals surface area contributed by atoms with Gasteiger partial charge in [-0.05, 0) is 35.6 Å². The van der Waals surface area contributed by atoms with Gasteiger partial charge in [0, 0.05) is 13.1 Å². The minimum atomic E-state index is -0.695. The van der Waals surface area contributed by atoms with Gasteiger partial charge in [0.1, 0.15) is 6.04 Å². The Morgan fingerprint density at radius 3 is 2.75 bits per heavy atom. The van der Waals surface area contributed by atoms with E-state index in [1.807, 2.05) is 49.4 Å². The lowest BCUT2D eigenvalue weighted by Gasteiger charge is -2.26. The molecule has 4 nitrogen and oxygen atoms in total. The number of aliphatic hydroxyl groups is 1. The maximum atomic E-state index is 12.5. The Morgan fingerprint density at radius 2 is 1.96 bits per heavy atom. The highest BCUT2D eigenvalue weighted by atomic mass is 35.5. The Labute approximate surface area is 148 Å². The van der Waals surface area contributed by atoms with Gasteiger partial charge in [0.25, 0.3) is 0 Å². The molecule has 2 aromatic rings. The lowest BCUT2D eigenvalue weighted by molar-refractivity contribution is -0.123. The van der Waals surface area contributed by atoms with E-state index in [0.29, 0.717) is 0 Å². The van der Waals surface area contributed by atoms with Crippen LogP contribution in [0, 0.1) is 6.92 Å². The summed E-state index contributed by atoms with van der Waals surface area (Å²) in [6.45, 7) is 2.96. The number of hydrogen-bond donors (Lipinski definition) is 3. The van der Waals surface area contributed by atoms with E-state index in [9.17, 15) is 9.90 Å². The van der Waals surface area contributed by atoms with E-state index in [1.54, 1.807) is 0 Å². The Kier molecular flexibility index (Phi) is 6.37. The van der Waals surface area contributed by atoms with Crippen LogP contribution in [0.5, 0.6) is 0 Å². The predicted octanol–water partition coefficient (Wildman–Crippen LogP) is 2.45. The van der Waals surface area contributed by atoms with E-state index >= 15 is 0 Å². The number of halogens is 1. The number of benzene rings is 2. The number of nitrogens with one attached hydrogen (secondary N) is 2. The van der Waals surface area contributed by atoms with E-state index in [0.717, 1.165) is 29.7 Å². The first-order valence-electron chi connectivity index (χ1n) is 7.99. The molecule has 2 atom stereocenters. The molecule has 2 aromatic carbocycles. The van der Waals surface area contributed by atoms with E-state index in [1.165, 1.54) is 5.56 Å². The van der Waals surface area contributed by atoms with Crippen molar-refractivity contribution in [1.82, 2.24) is 10.6 Å². The van der Waals surface area contributed by atoms with Crippen molar-refractivity contribution in [2.75, 3.05) is 13.1 Å². The standard InChI is InChI=1S/C19H22N2O2.ClH/c1-13-6-2-4-8-15(13)17(22)12-21-19(23)18-16-9-5-3-7-14(16)10-11-20-18;/h2-9,17-18,20,22H,10-12H2,1H3,(H,21,23);1H. The molecule has 1 aliphatic heterocycles. The molecule has 128 valence electrons. The molecule has 3 rings (SSSR count). The molecule has 1 heterocycles. The first-order valence-corrected chi connectivity index (χ1v) is 7.99. The fourth-order valence-electron chi connectivity index (χ4n) is 3.11. The molecule has 0 spiro atoms. The van der Waals surface area contributed by atoms with Crippen LogP contribution < -0.4 is 10.6 Å². The summed E-state index contributed by atoms with van der Waals surface area (Å²) >= 11 is 0. The highest BCUT2D eigenvalue weighted by Crippen LogP contribution is 2.23. The van der Waals surface area contributed by atoms with E-state index in [-0.39, 0.29) is 30.9 Å². The number of fused-ring (bicyclic) bond motifs is 1. The van der Waals surface area contributed by atoms with Crippen LogP contribution >= 0.6 is 12.4 Å². The normalized spacial score (nSPS) is 17.3. The molecule has 5 heteroatoms. The van der Waals surface area contributed by atoms with Gasteiger partial charge in [0.2, 0.25) is 5.91 Å². The highest BCUT2D eigenvalue weighted by Gasteiger charge is 2.26. The summed E-state index contributed by atoms with van der Waals surface area (Å²) in [5.41, 5.74) is 4.12. The number of hydrogen-bond acceptors (Lipinski definition) is 3. The van der Waals surface area contributed by atoms with Crippen molar-refractivity contribution >= 4 is 18.3 Å². The predicted molar refractivity (Wildman–Crippen MR) is 97.3 cm³/mol. The summed E-state index contributed by atoms with van der Waals surface area (Å²) in [6.07, 6.45) is 0.241. The van der Waals surface area contributed by atoms with Crippen molar-refractivity contribution in [3.63, 3.8) is 0 Å². The molecule has 0 aromatic heterocycles. The molecule has 0 fully saturated rings. The van der Waals surface area contributed by atoms with Crippen LogP contribution in [0.3, 0.4) is 0 Å². The summed E-state index contributed by atoms with van der Waals surface area (Å²) in [5, 5.41) is 16.4. The van der Waals surface area contributed by atoms with Gasteiger partial charge in [-0.2, -0.15) is 0 Å². The Morgan fingerprint density at radius 1 is 1.25 bits per heavy atom. The number of rotatable bonds is 4. The Bertz CT molecular complexity index is 705.